The first-order chi connectivity index (χ1) is 31.6. The Morgan fingerprint density at radius 1 is 0.636 bits per heavy atom. The van der Waals surface area contributed by atoms with Crippen LogP contribution in [-0.2, 0) is 51.5 Å². The van der Waals surface area contributed by atoms with Gasteiger partial charge in [-0.3, -0.25) is 9.97 Å². The summed E-state index contributed by atoms with van der Waals surface area (Å²) in [4.78, 5) is 58.9. The summed E-state index contributed by atoms with van der Waals surface area (Å²) in [5.41, 5.74) is 9.82. The van der Waals surface area contributed by atoms with Crippen molar-refractivity contribution in [1.29, 1.82) is 0 Å². The van der Waals surface area contributed by atoms with Crippen LogP contribution in [0, 0.1) is 17.8 Å². The Labute approximate surface area is 386 Å². The van der Waals surface area contributed by atoms with Gasteiger partial charge < -0.3 is 33.2 Å². The number of carbonyl (C=O) groups is 4. The zero-order valence-corrected chi connectivity index (χ0v) is 39.4. The number of carbonyl (C=O) groups excluding carboxylic acids is 4. The molecular formula is C53H62N4O9. The highest BCUT2D eigenvalue weighted by atomic mass is 16.7. The molecule has 2 fully saturated rings. The van der Waals surface area contributed by atoms with Crippen LogP contribution in [0.4, 0.5) is 4.79 Å². The number of pyridine rings is 2. The van der Waals surface area contributed by atoms with Crippen LogP contribution < -0.4 is 0 Å². The van der Waals surface area contributed by atoms with E-state index in [0.29, 0.717) is 54.0 Å². The van der Waals surface area contributed by atoms with Gasteiger partial charge in [-0.25, -0.2) is 19.2 Å². The van der Waals surface area contributed by atoms with Gasteiger partial charge in [0.2, 0.25) is 0 Å². The number of hydrogen-bond donors (Lipinski definition) is 1. The smallest absolute Gasteiger partial charge is 0.465 e. The first-order valence-corrected chi connectivity index (χ1v) is 23.0. The molecule has 1 N–H and O–H groups in total. The van der Waals surface area contributed by atoms with Crippen LogP contribution in [-0.4, -0.2) is 69.1 Å². The zero-order chi connectivity index (χ0) is 47.2. The van der Waals surface area contributed by atoms with Crippen LogP contribution in [0.1, 0.15) is 150 Å². The van der Waals surface area contributed by atoms with Crippen LogP contribution in [0.25, 0.3) is 21.8 Å². The summed E-state index contributed by atoms with van der Waals surface area (Å²) in [6.07, 6.45) is 8.31. The highest BCUT2D eigenvalue weighted by Gasteiger charge is 2.28. The van der Waals surface area contributed by atoms with Crippen molar-refractivity contribution in [2.45, 2.75) is 112 Å². The maximum Gasteiger partial charge on any atom is 0.516 e. The molecule has 0 unspecified atom stereocenters. The van der Waals surface area contributed by atoms with Crippen molar-refractivity contribution in [2.75, 3.05) is 20.8 Å². The maximum atomic E-state index is 12.9. The normalized spacial score (nSPS) is 13.6. The van der Waals surface area contributed by atoms with Crippen molar-refractivity contribution in [3.05, 3.63) is 129 Å². The van der Waals surface area contributed by atoms with Crippen LogP contribution in [0.2, 0.25) is 0 Å². The number of aliphatic hydroxyl groups is 1. The van der Waals surface area contributed by atoms with Crippen LogP contribution >= 0.6 is 0 Å². The number of fused-ring (bicyclic) bond motifs is 2. The Hall–Kier alpha value is -6.34. The van der Waals surface area contributed by atoms with Crippen molar-refractivity contribution in [3.63, 3.8) is 0 Å². The molecule has 0 bridgehead atoms. The number of ether oxygens (including phenoxy) is 4. The number of esters is 3. The SMILES string of the molecule is COC(=O)c1cc(C2CC2)cnc1Cc1ccc2c(c1)cc(C(=O)OC(=O)OCC(C)C)n2CC(C)C.COC(=O)c1cc(C2CC2)cnc1Cc1ccc2c(c1)cc(CO)n2CC(C)C. The number of nitrogens with zero attached hydrogens (tertiary/aromatic N) is 4. The fourth-order valence-corrected chi connectivity index (χ4v) is 8.29. The minimum Gasteiger partial charge on any atom is -0.465 e. The molecule has 0 amide bonds. The predicted molar refractivity (Wildman–Crippen MR) is 252 cm³/mol. The Balaban J connectivity index is 0.000000202. The predicted octanol–water partition coefficient (Wildman–Crippen LogP) is 10.3. The van der Waals surface area contributed by atoms with E-state index in [1.165, 1.54) is 27.1 Å². The van der Waals surface area contributed by atoms with Gasteiger partial charge >= 0.3 is 24.1 Å². The molecule has 0 atom stereocenters. The third kappa shape index (κ3) is 11.5. The molecule has 13 nitrogen and oxygen atoms in total. The van der Waals surface area contributed by atoms with Crippen molar-refractivity contribution in [1.82, 2.24) is 19.1 Å². The number of aliphatic hydroxyl groups excluding tert-OH is 1. The van der Waals surface area contributed by atoms with Crippen LogP contribution in [0.3, 0.4) is 0 Å². The molecule has 348 valence electrons. The quantitative estimate of drug-likeness (QED) is 0.0559. The Morgan fingerprint density at radius 2 is 1.12 bits per heavy atom. The largest absolute Gasteiger partial charge is 0.516 e. The molecule has 8 rings (SSSR count). The Bertz CT molecular complexity index is 2740. The highest BCUT2D eigenvalue weighted by Crippen LogP contribution is 2.41. The van der Waals surface area contributed by atoms with Gasteiger partial charge in [-0.2, -0.15) is 0 Å². The van der Waals surface area contributed by atoms with Crippen molar-refractivity contribution >= 4 is 45.9 Å². The second-order valence-corrected chi connectivity index (χ2v) is 18.9. The number of benzene rings is 2. The zero-order valence-electron chi connectivity index (χ0n) is 39.4. The lowest BCUT2D eigenvalue weighted by Crippen LogP contribution is -2.19. The number of aromatic nitrogens is 4. The van der Waals surface area contributed by atoms with E-state index in [4.69, 9.17) is 18.9 Å². The molecule has 2 aliphatic rings. The van der Waals surface area contributed by atoms with E-state index in [0.717, 1.165) is 74.8 Å². The fraction of sp³-hybridized carbons (Fsp3) is 0.434. The molecule has 0 radical (unpaired) electrons. The molecule has 2 saturated carbocycles. The second kappa shape index (κ2) is 20.9. The molecule has 2 aromatic carbocycles. The fourth-order valence-electron chi connectivity index (χ4n) is 8.29. The van der Waals surface area contributed by atoms with E-state index in [-0.39, 0.29) is 36.7 Å². The van der Waals surface area contributed by atoms with Gasteiger partial charge in [-0.15, -0.1) is 0 Å². The van der Waals surface area contributed by atoms with Crippen molar-refractivity contribution in [3.8, 4) is 0 Å². The summed E-state index contributed by atoms with van der Waals surface area (Å²) in [5.74, 6) is 0.408. The number of methoxy groups -OCH3 is 2. The van der Waals surface area contributed by atoms with Crippen LogP contribution in [0.15, 0.2) is 73.1 Å². The third-order valence-electron chi connectivity index (χ3n) is 11.8. The molecule has 66 heavy (non-hydrogen) atoms. The average Bonchev–Trinajstić information content (AvgIpc) is 4.24. The summed E-state index contributed by atoms with van der Waals surface area (Å²) < 4.78 is 24.0. The first kappa shape index (κ1) is 47.6. The molecule has 2 aliphatic carbocycles. The Kier molecular flexibility index (Phi) is 15.1. The molecule has 6 aromatic rings. The van der Waals surface area contributed by atoms with Crippen molar-refractivity contribution < 1.29 is 43.2 Å². The average molecular weight is 899 g/mol. The lowest BCUT2D eigenvalue weighted by molar-refractivity contribution is 0.0340. The minimum atomic E-state index is -1.00. The Morgan fingerprint density at radius 3 is 1.58 bits per heavy atom. The summed E-state index contributed by atoms with van der Waals surface area (Å²) in [7, 11) is 2.79. The standard InChI is InChI=1S/C29H34N2O6.C24H28N2O3/c1-17(2)15-31-25-9-6-19(10-21(25)13-26(31)28(33)37-29(34)36-16-18(3)4)11-24-23(27(32)35-5)12-22(14-30-24)20-7-8-20;1-15(2)13-26-20(14-27)10-18-8-16(4-7-23(18)26)9-22-21(24(28)29-3)11-19(12-25-22)17-5-6-17/h6,9-10,12-14,17-18,20H,7-8,11,15-16H2,1-5H3;4,7-8,10-12,15,17,27H,5-6,9,13-14H2,1-3H3. The minimum absolute atomic E-state index is 0.0212. The van der Waals surface area contributed by atoms with E-state index in [9.17, 15) is 24.3 Å². The summed E-state index contributed by atoms with van der Waals surface area (Å²) >= 11 is 0. The van der Waals surface area contributed by atoms with Gasteiger partial charge in [-0.1, -0.05) is 53.7 Å². The van der Waals surface area contributed by atoms with Gasteiger partial charge in [0.1, 0.15) is 5.69 Å². The lowest BCUT2D eigenvalue weighted by atomic mass is 10.0. The second-order valence-electron chi connectivity index (χ2n) is 18.9. The maximum absolute atomic E-state index is 12.9. The summed E-state index contributed by atoms with van der Waals surface area (Å²) in [6.45, 7) is 13.9. The van der Waals surface area contributed by atoms with E-state index in [1.54, 1.807) is 6.07 Å². The topological polar surface area (TPSA) is 161 Å². The molecule has 4 aromatic heterocycles. The van der Waals surface area contributed by atoms with Gasteiger partial charge in [0, 0.05) is 65.8 Å². The summed E-state index contributed by atoms with van der Waals surface area (Å²) in [5, 5.41) is 11.7. The van der Waals surface area contributed by atoms with Gasteiger partial charge in [0.15, 0.2) is 0 Å². The molecule has 0 spiro atoms. The number of hydrogen-bond acceptors (Lipinski definition) is 11. The number of rotatable bonds is 16. The summed E-state index contributed by atoms with van der Waals surface area (Å²) in [6, 6.07) is 19.8. The third-order valence-corrected chi connectivity index (χ3v) is 11.8. The van der Waals surface area contributed by atoms with Gasteiger partial charge in [-0.05, 0) is 126 Å². The van der Waals surface area contributed by atoms with Gasteiger partial charge in [0.05, 0.1) is 49.9 Å². The van der Waals surface area contributed by atoms with E-state index >= 15 is 0 Å². The monoisotopic (exact) mass is 898 g/mol. The highest BCUT2D eigenvalue weighted by molar-refractivity contribution is 5.99. The molecular weight excluding hydrogens is 837 g/mol. The van der Waals surface area contributed by atoms with E-state index in [1.807, 2.05) is 67.2 Å². The molecule has 0 aliphatic heterocycles. The molecule has 13 heteroatoms. The van der Waals surface area contributed by atoms with Crippen LogP contribution in [0.5, 0.6) is 0 Å². The molecule has 0 saturated heterocycles. The van der Waals surface area contributed by atoms with E-state index in [2.05, 4.69) is 60.4 Å². The van der Waals surface area contributed by atoms with Gasteiger partial charge in [0.25, 0.3) is 0 Å². The lowest BCUT2D eigenvalue weighted by Gasteiger charge is -2.13. The van der Waals surface area contributed by atoms with Crippen molar-refractivity contribution in [2.24, 2.45) is 17.8 Å². The first-order valence-electron chi connectivity index (χ1n) is 23.0. The van der Waals surface area contributed by atoms with E-state index < -0.39 is 18.1 Å². The molecule has 4 heterocycles.